The van der Waals surface area contributed by atoms with Gasteiger partial charge in [-0.15, -0.1) is 0 Å². The number of fused-ring (bicyclic) bond motifs is 1. The Labute approximate surface area is 108 Å². The molecule has 0 saturated heterocycles. The number of rotatable bonds is 2. The fraction of sp³-hybridized carbons (Fsp3) is 0. The third-order valence-electron chi connectivity index (χ3n) is 2.40. The predicted octanol–water partition coefficient (Wildman–Crippen LogP) is 2.76. The Bertz CT molecular complexity index is 710. The molecule has 0 atom stereocenters. The molecule has 2 heterocycles. The van der Waals surface area contributed by atoms with Gasteiger partial charge >= 0.3 is 0 Å². The summed E-state index contributed by atoms with van der Waals surface area (Å²) < 4.78 is 7.25. The summed E-state index contributed by atoms with van der Waals surface area (Å²) in [5.41, 5.74) is 6.91. The molecule has 2 aromatic heterocycles. The fourth-order valence-electron chi connectivity index (χ4n) is 1.56. The number of halogens is 1. The molecule has 3 rings (SSSR count). The molecule has 18 heavy (non-hydrogen) atoms. The number of nitrogen functional groups attached to an aromatic ring is 1. The molecule has 1 aromatic carbocycles. The van der Waals surface area contributed by atoms with Gasteiger partial charge in [-0.25, -0.2) is 4.52 Å². The van der Waals surface area contributed by atoms with Crippen LogP contribution < -0.4 is 10.5 Å². The Morgan fingerprint density at radius 3 is 2.94 bits per heavy atom. The average molecular weight is 261 g/mol. The van der Waals surface area contributed by atoms with E-state index < -0.39 is 0 Å². The van der Waals surface area contributed by atoms with Crippen molar-refractivity contribution < 1.29 is 4.74 Å². The van der Waals surface area contributed by atoms with Gasteiger partial charge in [-0.05, 0) is 18.2 Å². The van der Waals surface area contributed by atoms with Crippen molar-refractivity contribution in [3.63, 3.8) is 0 Å². The van der Waals surface area contributed by atoms with Gasteiger partial charge in [0.05, 0.1) is 11.2 Å². The Hall–Kier alpha value is -2.27. The van der Waals surface area contributed by atoms with Crippen LogP contribution in [0.4, 0.5) is 5.69 Å². The van der Waals surface area contributed by atoms with Gasteiger partial charge < -0.3 is 10.5 Å². The molecule has 2 N–H and O–H groups in total. The van der Waals surface area contributed by atoms with E-state index in [1.54, 1.807) is 47.2 Å². The maximum absolute atomic E-state index is 6.03. The SMILES string of the molecule is Nc1ccc(Oc2ccn3nccc3n2)c(Cl)c1. The molecule has 6 heteroatoms. The highest BCUT2D eigenvalue weighted by Gasteiger charge is 2.05. The van der Waals surface area contributed by atoms with Crippen LogP contribution in [0.15, 0.2) is 42.7 Å². The second kappa shape index (κ2) is 4.19. The molecule has 0 unspecified atom stereocenters. The van der Waals surface area contributed by atoms with E-state index in [1.165, 1.54) is 0 Å². The van der Waals surface area contributed by atoms with E-state index in [4.69, 9.17) is 22.1 Å². The van der Waals surface area contributed by atoms with Crippen LogP contribution in [0.1, 0.15) is 0 Å². The van der Waals surface area contributed by atoms with E-state index >= 15 is 0 Å². The van der Waals surface area contributed by atoms with E-state index in [0.29, 0.717) is 28.0 Å². The van der Waals surface area contributed by atoms with Crippen molar-refractivity contribution in [2.45, 2.75) is 0 Å². The number of hydrogen-bond donors (Lipinski definition) is 1. The van der Waals surface area contributed by atoms with Gasteiger partial charge in [-0.3, -0.25) is 0 Å². The number of hydrogen-bond acceptors (Lipinski definition) is 4. The molecule has 0 aliphatic carbocycles. The normalized spacial score (nSPS) is 10.7. The number of anilines is 1. The molecular weight excluding hydrogens is 252 g/mol. The lowest BCUT2D eigenvalue weighted by Crippen LogP contribution is -1.94. The third-order valence-corrected chi connectivity index (χ3v) is 2.70. The van der Waals surface area contributed by atoms with Crippen LogP contribution in [0.2, 0.25) is 5.02 Å². The molecule has 90 valence electrons. The van der Waals surface area contributed by atoms with Crippen molar-refractivity contribution in [3.05, 3.63) is 47.7 Å². The molecule has 0 aliphatic heterocycles. The molecule has 3 aromatic rings. The maximum Gasteiger partial charge on any atom is 0.222 e. The number of benzene rings is 1. The molecule has 0 aliphatic rings. The van der Waals surface area contributed by atoms with E-state index in [0.717, 1.165) is 0 Å². The van der Waals surface area contributed by atoms with Crippen molar-refractivity contribution in [1.29, 1.82) is 0 Å². The van der Waals surface area contributed by atoms with Crippen molar-refractivity contribution in [2.24, 2.45) is 0 Å². The number of aromatic nitrogens is 3. The molecule has 0 spiro atoms. The minimum absolute atomic E-state index is 0.449. The Morgan fingerprint density at radius 2 is 2.11 bits per heavy atom. The number of ether oxygens (including phenoxy) is 1. The molecule has 0 amide bonds. The van der Waals surface area contributed by atoms with Crippen LogP contribution in [-0.4, -0.2) is 14.6 Å². The van der Waals surface area contributed by atoms with Crippen molar-refractivity contribution in [2.75, 3.05) is 5.73 Å². The molecule has 0 fully saturated rings. The molecule has 0 radical (unpaired) electrons. The lowest BCUT2D eigenvalue weighted by molar-refractivity contribution is 0.463. The van der Waals surface area contributed by atoms with Crippen LogP contribution in [0.25, 0.3) is 5.65 Å². The summed E-state index contributed by atoms with van der Waals surface area (Å²) in [4.78, 5) is 4.28. The Kier molecular flexibility index (Phi) is 2.53. The minimum Gasteiger partial charge on any atom is -0.437 e. The Balaban J connectivity index is 1.95. The minimum atomic E-state index is 0.449. The van der Waals surface area contributed by atoms with Crippen LogP contribution in [0.5, 0.6) is 11.6 Å². The third kappa shape index (κ3) is 1.96. The molecular formula is C12H9ClN4O. The van der Waals surface area contributed by atoms with E-state index in [1.807, 2.05) is 0 Å². The summed E-state index contributed by atoms with van der Waals surface area (Å²) in [6.45, 7) is 0. The predicted molar refractivity (Wildman–Crippen MR) is 68.9 cm³/mol. The molecule has 5 nitrogen and oxygen atoms in total. The average Bonchev–Trinajstić information content (AvgIpc) is 2.80. The van der Waals surface area contributed by atoms with Gasteiger partial charge in [-0.2, -0.15) is 10.1 Å². The van der Waals surface area contributed by atoms with E-state index in [2.05, 4.69) is 10.1 Å². The van der Waals surface area contributed by atoms with Crippen LogP contribution in [-0.2, 0) is 0 Å². The van der Waals surface area contributed by atoms with Gasteiger partial charge in [0.15, 0.2) is 5.65 Å². The highest BCUT2D eigenvalue weighted by molar-refractivity contribution is 6.32. The van der Waals surface area contributed by atoms with E-state index in [-0.39, 0.29) is 0 Å². The first-order chi connectivity index (χ1) is 8.72. The van der Waals surface area contributed by atoms with Crippen LogP contribution >= 0.6 is 11.6 Å². The second-order valence-electron chi connectivity index (χ2n) is 3.69. The summed E-state index contributed by atoms with van der Waals surface area (Å²) in [5, 5.41) is 4.50. The maximum atomic E-state index is 6.03. The molecule has 0 saturated carbocycles. The summed E-state index contributed by atoms with van der Waals surface area (Å²) >= 11 is 6.03. The zero-order valence-electron chi connectivity index (χ0n) is 9.25. The van der Waals surface area contributed by atoms with Crippen LogP contribution in [0, 0.1) is 0 Å². The lowest BCUT2D eigenvalue weighted by Gasteiger charge is -2.07. The first kappa shape index (κ1) is 10.9. The summed E-state index contributed by atoms with van der Waals surface area (Å²) in [5.74, 6) is 0.969. The number of nitrogens with zero attached hydrogens (tertiary/aromatic N) is 3. The monoisotopic (exact) mass is 260 g/mol. The zero-order valence-corrected chi connectivity index (χ0v) is 10.0. The summed E-state index contributed by atoms with van der Waals surface area (Å²) in [7, 11) is 0. The lowest BCUT2D eigenvalue weighted by atomic mass is 10.3. The zero-order chi connectivity index (χ0) is 12.5. The van der Waals surface area contributed by atoms with Crippen molar-refractivity contribution in [1.82, 2.24) is 14.6 Å². The van der Waals surface area contributed by atoms with Gasteiger partial charge in [0, 0.05) is 24.0 Å². The van der Waals surface area contributed by atoms with Crippen molar-refractivity contribution >= 4 is 22.9 Å². The van der Waals surface area contributed by atoms with Gasteiger partial charge in [0.25, 0.3) is 0 Å². The van der Waals surface area contributed by atoms with Gasteiger partial charge in [-0.1, -0.05) is 11.6 Å². The molecule has 0 bridgehead atoms. The van der Waals surface area contributed by atoms with Gasteiger partial charge in [0.1, 0.15) is 5.75 Å². The van der Waals surface area contributed by atoms with Crippen molar-refractivity contribution in [3.8, 4) is 11.6 Å². The standard InChI is InChI=1S/C12H9ClN4O/c13-9-7-8(14)1-2-10(9)18-12-4-6-17-11(16-12)3-5-15-17/h1-7H,14H2. The largest absolute Gasteiger partial charge is 0.437 e. The summed E-state index contributed by atoms with van der Waals surface area (Å²) in [6, 6.07) is 8.57. The number of nitrogens with two attached hydrogens (primary N) is 1. The Morgan fingerprint density at radius 1 is 1.22 bits per heavy atom. The van der Waals surface area contributed by atoms with Crippen LogP contribution in [0.3, 0.4) is 0 Å². The fourth-order valence-corrected chi connectivity index (χ4v) is 1.79. The summed E-state index contributed by atoms with van der Waals surface area (Å²) in [6.07, 6.45) is 3.44. The van der Waals surface area contributed by atoms with E-state index in [9.17, 15) is 0 Å². The second-order valence-corrected chi connectivity index (χ2v) is 4.10. The first-order valence-electron chi connectivity index (χ1n) is 5.26. The smallest absolute Gasteiger partial charge is 0.222 e. The quantitative estimate of drug-likeness (QED) is 0.720. The van der Waals surface area contributed by atoms with Gasteiger partial charge in [0.2, 0.25) is 5.88 Å². The highest BCUT2D eigenvalue weighted by atomic mass is 35.5. The highest BCUT2D eigenvalue weighted by Crippen LogP contribution is 2.29. The first-order valence-corrected chi connectivity index (χ1v) is 5.63. The topological polar surface area (TPSA) is 65.4 Å².